The maximum Gasteiger partial charge on any atom is 0.244 e. The summed E-state index contributed by atoms with van der Waals surface area (Å²) in [4.78, 5) is 27.7. The average Bonchev–Trinajstić information content (AvgIpc) is 3.70. The molecule has 7 nitrogen and oxygen atoms in total. The number of hydrogen-bond donors (Lipinski definition) is 3. The van der Waals surface area contributed by atoms with E-state index in [1.54, 1.807) is 6.08 Å². The van der Waals surface area contributed by atoms with Crippen LogP contribution in [0.1, 0.15) is 154 Å². The normalized spacial score (nSPS) is 37.5. The van der Waals surface area contributed by atoms with Gasteiger partial charge >= 0.3 is 0 Å². The van der Waals surface area contributed by atoms with Crippen LogP contribution in [0.5, 0.6) is 0 Å². The van der Waals surface area contributed by atoms with Gasteiger partial charge in [0.1, 0.15) is 6.04 Å². The predicted molar refractivity (Wildman–Crippen MR) is 215 cm³/mol. The second kappa shape index (κ2) is 11.4. The molecule has 0 saturated heterocycles. The lowest BCUT2D eigenvalue weighted by molar-refractivity contribution is -0.144. The first-order chi connectivity index (χ1) is 24.9. The van der Waals surface area contributed by atoms with Crippen molar-refractivity contribution in [1.82, 2.24) is 9.88 Å². The molecular formula is C47H62N2O5. The van der Waals surface area contributed by atoms with Crippen LogP contribution in [0, 0.1) is 28.6 Å². The number of nitrogens with zero attached hydrogens (tertiary/aromatic N) is 1. The van der Waals surface area contributed by atoms with E-state index in [9.17, 15) is 19.8 Å². The topological polar surface area (TPSA) is 101 Å². The van der Waals surface area contributed by atoms with E-state index in [1.165, 1.54) is 11.3 Å². The highest BCUT2D eigenvalue weighted by Gasteiger charge is 2.68. The molecule has 2 aromatic rings. The molecule has 3 N–H and O–H groups in total. The zero-order chi connectivity index (χ0) is 39.5. The monoisotopic (exact) mass is 734 g/mol. The van der Waals surface area contributed by atoms with Crippen molar-refractivity contribution in [2.45, 2.75) is 156 Å². The fraction of sp³-hybridized carbons (Fsp3) is 0.617. The molecular weight excluding hydrogens is 673 g/mol. The summed E-state index contributed by atoms with van der Waals surface area (Å²) in [6.07, 6.45) is 11.2. The number of carbonyl (C=O) groups is 2. The summed E-state index contributed by atoms with van der Waals surface area (Å²) in [6.45, 7) is 29.7. The highest BCUT2D eigenvalue weighted by molar-refractivity contribution is 6.18. The Morgan fingerprint density at radius 3 is 2.39 bits per heavy atom. The minimum absolute atomic E-state index is 0.0348. The minimum Gasteiger partial charge on any atom is -0.392 e. The highest BCUT2D eigenvalue weighted by Crippen LogP contribution is 2.71. The van der Waals surface area contributed by atoms with Crippen molar-refractivity contribution < 1.29 is 24.5 Å². The quantitative estimate of drug-likeness (QED) is 0.165. The maximum absolute atomic E-state index is 14.9. The van der Waals surface area contributed by atoms with Crippen molar-refractivity contribution in [2.75, 3.05) is 0 Å². The van der Waals surface area contributed by atoms with Gasteiger partial charge in [-0.3, -0.25) is 9.59 Å². The van der Waals surface area contributed by atoms with Gasteiger partial charge in [-0.1, -0.05) is 45.1 Å². The Hall–Kier alpha value is -3.26. The third-order valence-electron chi connectivity index (χ3n) is 15.2. The summed E-state index contributed by atoms with van der Waals surface area (Å²) in [7, 11) is 0. The molecule has 6 aliphatic rings. The lowest BCUT2D eigenvalue weighted by Crippen LogP contribution is -2.62. The molecule has 0 bridgehead atoms. The summed E-state index contributed by atoms with van der Waals surface area (Å²) in [5.74, 6) is 0.201. The summed E-state index contributed by atoms with van der Waals surface area (Å²) < 4.78 is 8.91. The number of aliphatic hydroxyl groups excluding tert-OH is 2. The first-order valence-corrected chi connectivity index (χ1v) is 20.3. The van der Waals surface area contributed by atoms with Crippen LogP contribution in [0.3, 0.4) is 0 Å². The lowest BCUT2D eigenvalue weighted by atomic mass is 9.40. The second-order valence-corrected chi connectivity index (χ2v) is 20.8. The van der Waals surface area contributed by atoms with Crippen molar-refractivity contribution in [3.63, 3.8) is 0 Å². The number of aliphatic hydroxyl groups is 2. The van der Waals surface area contributed by atoms with Crippen molar-refractivity contribution in [2.24, 2.45) is 28.6 Å². The number of hydrogen-bond acceptors (Lipinski definition) is 5. The van der Waals surface area contributed by atoms with Crippen molar-refractivity contribution >= 4 is 28.2 Å². The smallest absolute Gasteiger partial charge is 0.244 e. The van der Waals surface area contributed by atoms with Gasteiger partial charge in [0, 0.05) is 45.0 Å². The molecule has 2 aliphatic heterocycles. The molecule has 54 heavy (non-hydrogen) atoms. The predicted octanol–water partition coefficient (Wildman–Crippen LogP) is 9.01. The number of nitrogens with one attached hydrogen (secondary N) is 1. The largest absolute Gasteiger partial charge is 0.392 e. The standard InChI is InChI=1S/C47H62N2O5/c1-24(2)37-40(53)35-34-27(30-23-43(7,8)54-44(9,10)36(30)39(34)52)22-28-29-21-26-14-15-31-45(11,18-16-25(3)20-33(51)48-42(4,5)6)32(50)17-19-46(31,12)47(26,13)41(29)49(37)38(28)35/h16,18,20,22-23,26,31-32,36-37,39,50,52H,1,14-15,17,19,21H2,2-13H3,(H,48,51)/b18-16+,25-20+/t26?,31-,32-,36?,37-,39+,45-,46-,47+/m0/s1. The van der Waals surface area contributed by atoms with Crippen LogP contribution < -0.4 is 5.32 Å². The molecule has 4 aliphatic carbocycles. The number of fused-ring (bicyclic) bond motifs is 11. The lowest BCUT2D eigenvalue weighted by Gasteiger charge is -2.64. The molecule has 1 amide bonds. The maximum atomic E-state index is 14.9. The summed E-state index contributed by atoms with van der Waals surface area (Å²) in [6, 6.07) is 1.78. The fourth-order valence-electron chi connectivity index (χ4n) is 13.1. The number of ether oxygens (including phenoxy) is 1. The van der Waals surface area contributed by atoms with Crippen molar-refractivity contribution in [1.29, 1.82) is 0 Å². The van der Waals surface area contributed by atoms with E-state index in [-0.39, 0.29) is 39.9 Å². The number of ketones is 1. The number of aromatic nitrogens is 1. The first-order valence-electron chi connectivity index (χ1n) is 20.3. The highest BCUT2D eigenvalue weighted by atomic mass is 16.5. The molecule has 8 rings (SSSR count). The van der Waals surface area contributed by atoms with Gasteiger partial charge in [-0.2, -0.15) is 0 Å². The zero-order valence-corrected chi connectivity index (χ0v) is 34.7. The van der Waals surface area contributed by atoms with E-state index in [0.29, 0.717) is 17.9 Å². The van der Waals surface area contributed by atoms with E-state index in [1.807, 2.05) is 40.7 Å². The number of rotatable bonds is 4. The Labute approximate surface area is 322 Å². The SMILES string of the molecule is C=C(C)[C@H]1C(=O)c2c3c(cc4c5c(n1c24)[C@@]1(C)C(CC[C@H]2[C@](C)(/C=C/C(C)=C/C(=O)NC(C)(C)C)[C@@H](O)CC[C@@]21C)C5)C1=CC(C)(C)OC(C)(C)C1[C@@H]3O. The molecule has 1 aromatic heterocycles. The van der Waals surface area contributed by atoms with E-state index in [2.05, 4.69) is 83.1 Å². The van der Waals surface area contributed by atoms with Gasteiger partial charge < -0.3 is 24.8 Å². The number of amides is 1. The molecule has 2 saturated carbocycles. The van der Waals surface area contributed by atoms with E-state index in [0.717, 1.165) is 64.4 Å². The van der Waals surface area contributed by atoms with Gasteiger partial charge in [-0.25, -0.2) is 0 Å². The molecule has 0 radical (unpaired) electrons. The van der Waals surface area contributed by atoms with Crippen LogP contribution in [0.2, 0.25) is 0 Å². The number of benzene rings is 1. The van der Waals surface area contributed by atoms with Crippen LogP contribution in [-0.2, 0) is 21.4 Å². The van der Waals surface area contributed by atoms with Gasteiger partial charge in [0.2, 0.25) is 5.91 Å². The molecule has 2 fully saturated rings. The minimum atomic E-state index is -0.855. The fourth-order valence-corrected chi connectivity index (χ4v) is 13.1. The Bertz CT molecular complexity index is 2140. The number of carbonyl (C=O) groups excluding carboxylic acids is 2. The van der Waals surface area contributed by atoms with Crippen molar-refractivity contribution in [3.05, 3.63) is 76.0 Å². The summed E-state index contributed by atoms with van der Waals surface area (Å²) >= 11 is 0. The summed E-state index contributed by atoms with van der Waals surface area (Å²) in [5.41, 5.74) is 6.31. The molecule has 9 atom stereocenters. The van der Waals surface area contributed by atoms with Crippen LogP contribution >= 0.6 is 0 Å². The molecule has 1 aromatic carbocycles. The molecule has 0 spiro atoms. The third-order valence-corrected chi connectivity index (χ3v) is 15.2. The van der Waals surface area contributed by atoms with Gasteiger partial charge in [-0.05, 0) is 146 Å². The van der Waals surface area contributed by atoms with Gasteiger partial charge in [0.05, 0.1) is 34.5 Å². The molecule has 7 heteroatoms. The third kappa shape index (κ3) is 4.89. The van der Waals surface area contributed by atoms with E-state index in [4.69, 9.17) is 4.74 Å². The van der Waals surface area contributed by atoms with Crippen molar-refractivity contribution in [3.8, 4) is 0 Å². The molecule has 290 valence electrons. The number of Topliss-reactive ketones (excluding diaryl/α,β-unsaturated/α-hetero) is 1. The van der Waals surface area contributed by atoms with E-state index >= 15 is 0 Å². The van der Waals surface area contributed by atoms with Crippen LogP contribution in [0.15, 0.2) is 48.1 Å². The summed E-state index contributed by atoms with van der Waals surface area (Å²) in [5, 5.41) is 28.2. The zero-order valence-electron chi connectivity index (χ0n) is 34.7. The Morgan fingerprint density at radius 1 is 1.06 bits per heavy atom. The van der Waals surface area contributed by atoms with E-state index < -0.39 is 34.9 Å². The Balaban J connectivity index is 1.29. The van der Waals surface area contributed by atoms with Crippen LogP contribution in [-0.4, -0.2) is 49.3 Å². The Kier molecular flexibility index (Phi) is 7.96. The van der Waals surface area contributed by atoms with Gasteiger partial charge in [0.15, 0.2) is 5.78 Å². The molecule has 3 heterocycles. The first kappa shape index (κ1) is 37.7. The molecule has 2 unspecified atom stereocenters. The number of allylic oxidation sites excluding steroid dienone is 3. The second-order valence-electron chi connectivity index (χ2n) is 20.8. The van der Waals surface area contributed by atoms with Crippen LogP contribution in [0.4, 0.5) is 0 Å². The van der Waals surface area contributed by atoms with Gasteiger partial charge in [0.25, 0.3) is 0 Å². The average molecular weight is 735 g/mol. The van der Waals surface area contributed by atoms with Crippen LogP contribution in [0.25, 0.3) is 16.5 Å². The Morgan fingerprint density at radius 2 is 1.74 bits per heavy atom. The van der Waals surface area contributed by atoms with Gasteiger partial charge in [-0.15, -0.1) is 0 Å².